The van der Waals surface area contributed by atoms with E-state index in [1.807, 2.05) is 25.3 Å². The van der Waals surface area contributed by atoms with Crippen molar-refractivity contribution in [3.63, 3.8) is 0 Å². The number of alkyl halides is 1. The van der Waals surface area contributed by atoms with Crippen LogP contribution in [0.25, 0.3) is 0 Å². The number of nitriles is 1. The predicted molar refractivity (Wildman–Crippen MR) is 116 cm³/mol. The van der Waals surface area contributed by atoms with Gasteiger partial charge in [0.05, 0.1) is 18.1 Å². The van der Waals surface area contributed by atoms with Crippen LogP contribution in [0.3, 0.4) is 0 Å². The molecule has 0 N–H and O–H groups in total. The molecule has 0 spiro atoms. The van der Waals surface area contributed by atoms with Gasteiger partial charge in [0, 0.05) is 13.0 Å². The van der Waals surface area contributed by atoms with Crippen LogP contribution in [0.15, 0.2) is 30.3 Å². The average Bonchev–Trinajstić information content (AvgIpc) is 2.71. The van der Waals surface area contributed by atoms with Crippen LogP contribution in [0.4, 0.5) is 0 Å². The fraction of sp³-hybridized carbons (Fsp3) is 0.708. The standard InChI is InChI=1S/C24H38ClNO/c1-3-4-5-6-7-8-12-17-23(27-2)19-22(16-13-18-25)24(20-26)21-14-10-9-11-15-21/h9-11,14-15,22-24H,3-8,12-13,16-19H2,1-2H3. The summed E-state index contributed by atoms with van der Waals surface area (Å²) in [5, 5.41) is 9.83. The Bertz CT molecular complexity index is 499. The Balaban J connectivity index is 2.55. The fourth-order valence-electron chi connectivity index (χ4n) is 3.87. The van der Waals surface area contributed by atoms with Crippen LogP contribution in [-0.2, 0) is 4.74 Å². The molecule has 0 radical (unpaired) electrons. The van der Waals surface area contributed by atoms with E-state index >= 15 is 0 Å². The number of halogens is 1. The van der Waals surface area contributed by atoms with E-state index in [1.165, 1.54) is 44.9 Å². The molecule has 0 aromatic heterocycles. The van der Waals surface area contributed by atoms with Gasteiger partial charge in [-0.2, -0.15) is 5.26 Å². The molecule has 27 heavy (non-hydrogen) atoms. The van der Waals surface area contributed by atoms with E-state index in [9.17, 15) is 5.26 Å². The second kappa shape index (κ2) is 16.0. The van der Waals surface area contributed by atoms with Crippen molar-refractivity contribution in [2.24, 2.45) is 5.92 Å². The Labute approximate surface area is 172 Å². The molecule has 3 unspecified atom stereocenters. The molecule has 2 nitrogen and oxygen atoms in total. The van der Waals surface area contributed by atoms with Gasteiger partial charge in [0.25, 0.3) is 0 Å². The second-order valence-electron chi connectivity index (χ2n) is 7.61. The number of ether oxygens (including phenoxy) is 1. The minimum absolute atomic E-state index is 0.0823. The quantitative estimate of drug-likeness (QED) is 0.216. The van der Waals surface area contributed by atoms with Crippen LogP contribution in [0.5, 0.6) is 0 Å². The van der Waals surface area contributed by atoms with Crippen molar-refractivity contribution < 1.29 is 4.74 Å². The number of nitrogens with zero attached hydrogens (tertiary/aromatic N) is 1. The molecule has 1 rings (SSSR count). The minimum atomic E-state index is -0.0823. The summed E-state index contributed by atoms with van der Waals surface area (Å²) in [6, 6.07) is 12.7. The lowest BCUT2D eigenvalue weighted by Crippen LogP contribution is -2.21. The van der Waals surface area contributed by atoms with Crippen LogP contribution in [0, 0.1) is 17.2 Å². The summed E-state index contributed by atoms with van der Waals surface area (Å²) >= 11 is 5.95. The van der Waals surface area contributed by atoms with E-state index < -0.39 is 0 Å². The number of unbranched alkanes of at least 4 members (excludes halogenated alkanes) is 6. The van der Waals surface area contributed by atoms with Crippen molar-refractivity contribution in [2.75, 3.05) is 13.0 Å². The van der Waals surface area contributed by atoms with Gasteiger partial charge in [0.15, 0.2) is 0 Å². The molecule has 152 valence electrons. The summed E-state index contributed by atoms with van der Waals surface area (Å²) < 4.78 is 5.79. The van der Waals surface area contributed by atoms with Gasteiger partial charge in [-0.15, -0.1) is 11.6 Å². The molecule has 0 aliphatic rings. The van der Waals surface area contributed by atoms with Crippen LogP contribution in [0.2, 0.25) is 0 Å². The molecule has 0 fully saturated rings. The third kappa shape index (κ3) is 10.2. The monoisotopic (exact) mass is 391 g/mol. The lowest BCUT2D eigenvalue weighted by molar-refractivity contribution is 0.0676. The average molecular weight is 392 g/mol. The normalized spacial score (nSPS) is 14.4. The van der Waals surface area contributed by atoms with E-state index in [2.05, 4.69) is 25.1 Å². The van der Waals surface area contributed by atoms with Crippen molar-refractivity contribution in [3.8, 4) is 6.07 Å². The van der Waals surface area contributed by atoms with Crippen LogP contribution in [0.1, 0.15) is 89.0 Å². The number of methoxy groups -OCH3 is 1. The molecule has 0 saturated heterocycles. The summed E-state index contributed by atoms with van der Waals surface area (Å²) in [5.41, 5.74) is 1.12. The maximum Gasteiger partial charge on any atom is 0.0741 e. The van der Waals surface area contributed by atoms with Crippen LogP contribution in [-0.4, -0.2) is 19.1 Å². The molecule has 0 bridgehead atoms. The van der Waals surface area contributed by atoms with Gasteiger partial charge in [0.1, 0.15) is 0 Å². The zero-order valence-corrected chi connectivity index (χ0v) is 18.1. The molecule has 0 heterocycles. The van der Waals surface area contributed by atoms with Gasteiger partial charge in [-0.3, -0.25) is 0 Å². The zero-order chi connectivity index (χ0) is 19.7. The first kappa shape index (κ1) is 24.0. The lowest BCUT2D eigenvalue weighted by atomic mass is 9.80. The zero-order valence-electron chi connectivity index (χ0n) is 17.3. The van der Waals surface area contributed by atoms with Gasteiger partial charge in [0.2, 0.25) is 0 Å². The van der Waals surface area contributed by atoms with Crippen molar-refractivity contribution in [2.45, 2.75) is 89.6 Å². The highest BCUT2D eigenvalue weighted by Crippen LogP contribution is 2.33. The third-order valence-electron chi connectivity index (χ3n) is 5.51. The smallest absolute Gasteiger partial charge is 0.0741 e. The third-order valence-corrected chi connectivity index (χ3v) is 5.77. The van der Waals surface area contributed by atoms with E-state index in [0.717, 1.165) is 31.2 Å². The largest absolute Gasteiger partial charge is 0.381 e. The van der Waals surface area contributed by atoms with Crippen molar-refractivity contribution >= 4 is 11.6 Å². The Kier molecular flexibility index (Phi) is 14.2. The van der Waals surface area contributed by atoms with Gasteiger partial charge in [-0.1, -0.05) is 82.2 Å². The van der Waals surface area contributed by atoms with Gasteiger partial charge >= 0.3 is 0 Å². The van der Waals surface area contributed by atoms with E-state index in [0.29, 0.717) is 11.8 Å². The van der Waals surface area contributed by atoms with Crippen LogP contribution < -0.4 is 0 Å². The first-order chi connectivity index (χ1) is 13.3. The molecule has 3 heteroatoms. The maximum absolute atomic E-state index is 9.83. The summed E-state index contributed by atoms with van der Waals surface area (Å²) in [7, 11) is 1.81. The number of hydrogen-bond donors (Lipinski definition) is 0. The van der Waals surface area contributed by atoms with Gasteiger partial charge in [-0.05, 0) is 37.2 Å². The van der Waals surface area contributed by atoms with Crippen molar-refractivity contribution in [1.29, 1.82) is 5.26 Å². The Morgan fingerprint density at radius 1 is 0.963 bits per heavy atom. The molecular weight excluding hydrogens is 354 g/mol. The summed E-state index contributed by atoms with van der Waals surface area (Å²) in [5.74, 6) is 0.866. The first-order valence-electron chi connectivity index (χ1n) is 10.8. The number of rotatable bonds is 16. The van der Waals surface area contributed by atoms with Crippen molar-refractivity contribution in [3.05, 3.63) is 35.9 Å². The summed E-state index contributed by atoms with van der Waals surface area (Å²) in [4.78, 5) is 0. The van der Waals surface area contributed by atoms with Gasteiger partial charge in [-0.25, -0.2) is 0 Å². The second-order valence-corrected chi connectivity index (χ2v) is 7.99. The van der Waals surface area contributed by atoms with Crippen molar-refractivity contribution in [1.82, 2.24) is 0 Å². The summed E-state index contributed by atoms with van der Waals surface area (Å²) in [6.45, 7) is 2.26. The molecule has 0 saturated carbocycles. The SMILES string of the molecule is CCCCCCCCCC(CC(CCCCl)C(C#N)c1ccccc1)OC. The molecule has 0 aliphatic heterocycles. The predicted octanol–water partition coefficient (Wildman–Crippen LogP) is 7.47. The lowest BCUT2D eigenvalue weighted by Gasteiger charge is -2.26. The number of benzene rings is 1. The molecule has 1 aromatic carbocycles. The van der Waals surface area contributed by atoms with E-state index in [1.54, 1.807) is 0 Å². The Morgan fingerprint density at radius 3 is 2.22 bits per heavy atom. The molecule has 0 amide bonds. The molecule has 3 atom stereocenters. The highest BCUT2D eigenvalue weighted by Gasteiger charge is 2.25. The topological polar surface area (TPSA) is 33.0 Å². The number of hydrogen-bond acceptors (Lipinski definition) is 2. The Hall–Kier alpha value is -1.04. The highest BCUT2D eigenvalue weighted by atomic mass is 35.5. The minimum Gasteiger partial charge on any atom is -0.381 e. The van der Waals surface area contributed by atoms with E-state index in [4.69, 9.17) is 16.3 Å². The molecule has 0 aliphatic carbocycles. The fourth-order valence-corrected chi connectivity index (χ4v) is 4.03. The van der Waals surface area contributed by atoms with Gasteiger partial charge < -0.3 is 4.74 Å². The van der Waals surface area contributed by atoms with E-state index in [-0.39, 0.29) is 12.0 Å². The first-order valence-corrected chi connectivity index (χ1v) is 11.3. The molecular formula is C24H38ClNO. The Morgan fingerprint density at radius 2 is 1.63 bits per heavy atom. The van der Waals surface area contributed by atoms with Crippen LogP contribution >= 0.6 is 11.6 Å². The summed E-state index contributed by atoms with van der Waals surface area (Å²) in [6.07, 6.45) is 13.4. The maximum atomic E-state index is 9.83. The molecule has 1 aromatic rings. The highest BCUT2D eigenvalue weighted by molar-refractivity contribution is 6.17.